The summed E-state index contributed by atoms with van der Waals surface area (Å²) in [6.07, 6.45) is 1.21. The molecule has 3 fully saturated rings. The Balaban J connectivity index is 1.34. The molecule has 2 atom stereocenters. The number of fused-ring (bicyclic) bond motifs is 1. The monoisotopic (exact) mass is 439 g/mol. The number of anilines is 1. The zero-order chi connectivity index (χ0) is 21.4. The van der Waals surface area contributed by atoms with Crippen molar-refractivity contribution in [3.8, 4) is 0 Å². The number of carbonyl (C=O) groups is 2. The molecule has 6 nitrogen and oxygen atoms in total. The Hall–Kier alpha value is -2.57. The van der Waals surface area contributed by atoms with Crippen LogP contribution in [-0.4, -0.2) is 66.5 Å². The van der Waals surface area contributed by atoms with Crippen molar-refractivity contribution in [2.45, 2.75) is 31.5 Å². The summed E-state index contributed by atoms with van der Waals surface area (Å²) in [5.41, 5.74) is 2.73. The van der Waals surface area contributed by atoms with Gasteiger partial charge in [0.2, 0.25) is 5.91 Å². The highest BCUT2D eigenvalue weighted by molar-refractivity contribution is 6.30. The van der Waals surface area contributed by atoms with Crippen molar-refractivity contribution in [3.05, 3.63) is 64.7 Å². The first-order valence-electron chi connectivity index (χ1n) is 10.9. The molecule has 0 spiro atoms. The van der Waals surface area contributed by atoms with E-state index in [1.54, 1.807) is 0 Å². The van der Waals surface area contributed by atoms with Crippen LogP contribution in [0, 0.1) is 0 Å². The number of para-hydroxylation sites is 1. The van der Waals surface area contributed by atoms with Crippen LogP contribution in [0.5, 0.6) is 0 Å². The van der Waals surface area contributed by atoms with Gasteiger partial charge in [0.25, 0.3) is 5.91 Å². The molecule has 2 unspecified atom stereocenters. The van der Waals surface area contributed by atoms with E-state index in [0.717, 1.165) is 30.8 Å². The van der Waals surface area contributed by atoms with Crippen molar-refractivity contribution in [1.82, 2.24) is 9.80 Å². The minimum absolute atomic E-state index is 0.0238. The lowest BCUT2D eigenvalue weighted by molar-refractivity contribution is -0.129. The van der Waals surface area contributed by atoms with E-state index in [9.17, 15) is 9.59 Å². The van der Waals surface area contributed by atoms with Gasteiger partial charge < -0.3 is 19.4 Å². The standard InChI is InChI=1S/C24H26ClN3O3/c25-18-7-5-17(6-8-18)16-28-21-9-10-27(22(21)15-23(28)29)24(30)19-3-1-2-4-20(19)26-11-13-31-14-12-26/h1-8,21-22H,9-16H2. The molecule has 162 valence electrons. The van der Waals surface area contributed by atoms with E-state index in [4.69, 9.17) is 16.3 Å². The van der Waals surface area contributed by atoms with Gasteiger partial charge in [-0.15, -0.1) is 0 Å². The number of hydrogen-bond donors (Lipinski definition) is 0. The van der Waals surface area contributed by atoms with Gasteiger partial charge in [0, 0.05) is 43.3 Å². The first kappa shape index (κ1) is 20.3. The first-order chi connectivity index (χ1) is 15.1. The van der Waals surface area contributed by atoms with Crippen LogP contribution in [0.4, 0.5) is 5.69 Å². The molecule has 0 saturated carbocycles. The van der Waals surface area contributed by atoms with Gasteiger partial charge in [-0.1, -0.05) is 35.9 Å². The largest absolute Gasteiger partial charge is 0.378 e. The number of amides is 2. The molecule has 0 N–H and O–H groups in total. The molecule has 5 rings (SSSR count). The van der Waals surface area contributed by atoms with Crippen molar-refractivity contribution in [3.63, 3.8) is 0 Å². The fraction of sp³-hybridized carbons (Fsp3) is 0.417. The Bertz CT molecular complexity index is 974. The lowest BCUT2D eigenvalue weighted by atomic mass is 10.1. The highest BCUT2D eigenvalue weighted by atomic mass is 35.5. The molecule has 2 aromatic rings. The van der Waals surface area contributed by atoms with Gasteiger partial charge in [-0.05, 0) is 36.2 Å². The number of halogens is 1. The number of morpholine rings is 1. The van der Waals surface area contributed by atoms with E-state index >= 15 is 0 Å². The van der Waals surface area contributed by atoms with Crippen molar-refractivity contribution >= 4 is 29.1 Å². The van der Waals surface area contributed by atoms with Gasteiger partial charge in [0.15, 0.2) is 0 Å². The van der Waals surface area contributed by atoms with Crippen molar-refractivity contribution < 1.29 is 14.3 Å². The molecular weight excluding hydrogens is 414 g/mol. The smallest absolute Gasteiger partial charge is 0.256 e. The maximum atomic E-state index is 13.6. The Labute approximate surface area is 187 Å². The van der Waals surface area contributed by atoms with Crippen LogP contribution in [0.25, 0.3) is 0 Å². The SMILES string of the molecule is O=C1CC2C(CCN2C(=O)c2ccccc2N2CCOCC2)N1Cc1ccc(Cl)cc1. The number of carbonyl (C=O) groups excluding carboxylic acids is 2. The third-order valence-electron chi connectivity index (χ3n) is 6.63. The molecule has 0 radical (unpaired) electrons. The second-order valence-corrected chi connectivity index (χ2v) is 8.83. The molecule has 0 bridgehead atoms. The summed E-state index contributed by atoms with van der Waals surface area (Å²) in [4.78, 5) is 32.5. The van der Waals surface area contributed by atoms with Crippen LogP contribution >= 0.6 is 11.6 Å². The Morgan fingerprint density at radius 1 is 1.00 bits per heavy atom. The van der Waals surface area contributed by atoms with Crippen LogP contribution in [0.3, 0.4) is 0 Å². The van der Waals surface area contributed by atoms with Gasteiger partial charge in [0.1, 0.15) is 0 Å². The molecule has 0 aromatic heterocycles. The van der Waals surface area contributed by atoms with Crippen LogP contribution in [0.15, 0.2) is 48.5 Å². The molecular formula is C24H26ClN3O3. The van der Waals surface area contributed by atoms with E-state index in [-0.39, 0.29) is 23.9 Å². The van der Waals surface area contributed by atoms with Crippen LogP contribution < -0.4 is 4.90 Å². The lowest BCUT2D eigenvalue weighted by Crippen LogP contribution is -2.41. The van der Waals surface area contributed by atoms with Crippen LogP contribution in [0.2, 0.25) is 5.02 Å². The normalized spacial score (nSPS) is 23.4. The number of hydrogen-bond acceptors (Lipinski definition) is 4. The minimum Gasteiger partial charge on any atom is -0.378 e. The Kier molecular flexibility index (Phi) is 5.59. The predicted molar refractivity (Wildman–Crippen MR) is 119 cm³/mol. The molecule has 0 aliphatic carbocycles. The molecule has 31 heavy (non-hydrogen) atoms. The third-order valence-corrected chi connectivity index (χ3v) is 6.88. The third kappa shape index (κ3) is 3.90. The predicted octanol–water partition coefficient (Wildman–Crippen LogP) is 3.19. The highest BCUT2D eigenvalue weighted by Crippen LogP contribution is 2.35. The number of likely N-dealkylation sites (tertiary alicyclic amines) is 2. The van der Waals surface area contributed by atoms with E-state index in [1.807, 2.05) is 58.3 Å². The molecule has 2 amide bonds. The fourth-order valence-corrected chi connectivity index (χ4v) is 5.19. The Morgan fingerprint density at radius 2 is 1.74 bits per heavy atom. The molecule has 2 aromatic carbocycles. The lowest BCUT2D eigenvalue weighted by Gasteiger charge is -2.32. The molecule has 3 aliphatic heterocycles. The highest BCUT2D eigenvalue weighted by Gasteiger charge is 2.48. The second kappa shape index (κ2) is 8.52. The first-order valence-corrected chi connectivity index (χ1v) is 11.3. The maximum absolute atomic E-state index is 13.6. The molecule has 3 heterocycles. The zero-order valence-electron chi connectivity index (χ0n) is 17.4. The van der Waals surface area contributed by atoms with Crippen molar-refractivity contribution in [1.29, 1.82) is 0 Å². The average molecular weight is 440 g/mol. The Morgan fingerprint density at radius 3 is 2.52 bits per heavy atom. The van der Waals surface area contributed by atoms with E-state index in [2.05, 4.69) is 4.90 Å². The maximum Gasteiger partial charge on any atom is 0.256 e. The molecule has 3 aliphatic rings. The fourth-order valence-electron chi connectivity index (χ4n) is 5.06. The number of nitrogens with zero attached hydrogens (tertiary/aromatic N) is 3. The summed E-state index contributed by atoms with van der Waals surface area (Å²) in [5, 5.41) is 0.686. The van der Waals surface area contributed by atoms with Gasteiger partial charge >= 0.3 is 0 Å². The summed E-state index contributed by atoms with van der Waals surface area (Å²) in [6.45, 7) is 4.14. The minimum atomic E-state index is -0.0648. The van der Waals surface area contributed by atoms with Crippen LogP contribution in [-0.2, 0) is 16.1 Å². The molecule has 3 saturated heterocycles. The summed E-state index contributed by atoms with van der Waals surface area (Å²) in [7, 11) is 0. The summed E-state index contributed by atoms with van der Waals surface area (Å²) in [5.74, 6) is 0.139. The quantitative estimate of drug-likeness (QED) is 0.734. The second-order valence-electron chi connectivity index (χ2n) is 8.39. The van der Waals surface area contributed by atoms with Gasteiger partial charge in [-0.2, -0.15) is 0 Å². The summed E-state index contributed by atoms with van der Waals surface area (Å²) in [6, 6.07) is 15.4. The number of benzene rings is 2. The summed E-state index contributed by atoms with van der Waals surface area (Å²) >= 11 is 5.99. The van der Waals surface area contributed by atoms with Gasteiger partial charge in [-0.3, -0.25) is 9.59 Å². The van der Waals surface area contributed by atoms with Crippen LogP contribution in [0.1, 0.15) is 28.8 Å². The number of rotatable bonds is 4. The number of ether oxygens (including phenoxy) is 1. The van der Waals surface area contributed by atoms with Crippen molar-refractivity contribution in [2.75, 3.05) is 37.7 Å². The van der Waals surface area contributed by atoms with E-state index < -0.39 is 0 Å². The van der Waals surface area contributed by atoms with E-state index in [1.165, 1.54) is 0 Å². The summed E-state index contributed by atoms with van der Waals surface area (Å²) < 4.78 is 5.47. The topological polar surface area (TPSA) is 53.1 Å². The van der Waals surface area contributed by atoms with Gasteiger partial charge in [0.05, 0.1) is 30.9 Å². The molecule has 7 heteroatoms. The van der Waals surface area contributed by atoms with Crippen molar-refractivity contribution in [2.24, 2.45) is 0 Å². The average Bonchev–Trinajstić information content (AvgIpc) is 3.34. The van der Waals surface area contributed by atoms with E-state index in [0.29, 0.717) is 43.3 Å². The zero-order valence-corrected chi connectivity index (χ0v) is 18.1. The van der Waals surface area contributed by atoms with Gasteiger partial charge in [-0.25, -0.2) is 0 Å².